The zero-order valence-corrected chi connectivity index (χ0v) is 21.4. The minimum absolute atomic E-state index is 0.0925. The predicted molar refractivity (Wildman–Crippen MR) is 104 cm³/mol. The Morgan fingerprint density at radius 2 is 0.780 bits per heavy atom. The third-order valence-corrected chi connectivity index (χ3v) is 5.21. The molecule has 21 heteroatoms. The minimum Gasteiger partial charge on any atom is -0.460 e. The summed E-state index contributed by atoms with van der Waals surface area (Å²) in [7, 11) is 0. The van der Waals surface area contributed by atoms with Gasteiger partial charge in [0.25, 0.3) is 11.3 Å². The summed E-state index contributed by atoms with van der Waals surface area (Å²) in [5.74, 6) is -17.3. The number of alkyl halides is 14. The van der Waals surface area contributed by atoms with Crippen LogP contribution in [0.15, 0.2) is 0 Å². The van der Waals surface area contributed by atoms with E-state index in [4.69, 9.17) is 0 Å². The highest BCUT2D eigenvalue weighted by atomic mass is 19.3. The average molecular weight is 642 g/mol. The van der Waals surface area contributed by atoms with Crippen molar-refractivity contribution >= 4 is 11.9 Å². The van der Waals surface area contributed by atoms with Gasteiger partial charge < -0.3 is 18.9 Å². The van der Waals surface area contributed by atoms with Crippen molar-refractivity contribution in [3.8, 4) is 0 Å². The topological polar surface area (TPSA) is 80.3 Å². The second-order valence-corrected chi connectivity index (χ2v) is 7.91. The van der Waals surface area contributed by atoms with E-state index < -0.39 is 98.8 Å². The van der Waals surface area contributed by atoms with Crippen LogP contribution in [0.25, 0.3) is 0 Å². The van der Waals surface area contributed by atoms with Crippen molar-refractivity contribution in [1.29, 1.82) is 0 Å². The first-order valence-corrected chi connectivity index (χ1v) is 11.2. The fourth-order valence-corrected chi connectivity index (χ4v) is 2.82. The molecular formula is C20H24F14O7. The van der Waals surface area contributed by atoms with Crippen LogP contribution in [0.1, 0.15) is 40.5 Å². The van der Waals surface area contributed by atoms with Gasteiger partial charge >= 0.3 is 48.2 Å². The molecule has 0 fully saturated rings. The first kappa shape index (κ1) is 38.8. The molecule has 0 aliphatic carbocycles. The second-order valence-electron chi connectivity index (χ2n) is 7.91. The van der Waals surface area contributed by atoms with Gasteiger partial charge in [-0.15, -0.1) is 0 Å². The number of carbonyl (C=O) groups excluding carboxylic acids is 2. The Bertz CT molecular complexity index is 832. The number of halogens is 14. The fourth-order valence-electron chi connectivity index (χ4n) is 2.82. The van der Waals surface area contributed by atoms with Gasteiger partial charge in [0.15, 0.2) is 0 Å². The summed E-state index contributed by atoms with van der Waals surface area (Å²) in [6.07, 6.45) is -28.7. The van der Waals surface area contributed by atoms with E-state index in [2.05, 4.69) is 23.7 Å². The Balaban J connectivity index is 6.24. The summed E-state index contributed by atoms with van der Waals surface area (Å²) in [4.78, 5) is 22.0. The Kier molecular flexibility index (Phi) is 12.3. The maximum absolute atomic E-state index is 14.9. The van der Waals surface area contributed by atoms with Gasteiger partial charge in [-0.3, -0.25) is 0 Å². The molecule has 0 heterocycles. The first-order chi connectivity index (χ1) is 18.2. The summed E-state index contributed by atoms with van der Waals surface area (Å²) in [6.45, 7) is -5.71. The number of hydrogen-bond donors (Lipinski definition) is 0. The van der Waals surface area contributed by atoms with E-state index in [1.807, 2.05) is 0 Å². The number of carbonyl (C=O) groups is 2. The molecule has 0 aromatic heterocycles. The Hall–Kier alpha value is -2.16. The molecule has 0 aromatic rings. The van der Waals surface area contributed by atoms with E-state index in [0.29, 0.717) is 0 Å². The smallest absolute Gasteiger partial charge is 0.456 e. The van der Waals surface area contributed by atoms with Crippen molar-refractivity contribution in [1.82, 2.24) is 0 Å². The molecule has 244 valence electrons. The van der Waals surface area contributed by atoms with Gasteiger partial charge in [0.05, 0.1) is 13.2 Å². The molecule has 0 aromatic carbocycles. The predicted octanol–water partition coefficient (Wildman–Crippen LogP) is 6.04. The molecule has 0 N–H and O–H groups in total. The van der Waals surface area contributed by atoms with Gasteiger partial charge in [-0.2, -0.15) is 35.1 Å². The summed E-state index contributed by atoms with van der Waals surface area (Å²) in [6, 6.07) is 0. The van der Waals surface area contributed by atoms with E-state index in [9.17, 15) is 71.1 Å². The zero-order valence-electron chi connectivity index (χ0n) is 21.4. The Morgan fingerprint density at radius 1 is 0.512 bits per heavy atom. The molecular weight excluding hydrogens is 618 g/mol. The highest BCUT2D eigenvalue weighted by molar-refractivity contribution is 5.76. The summed E-state index contributed by atoms with van der Waals surface area (Å²) in [5, 5.41) is 0. The molecule has 0 spiro atoms. The number of esters is 2. The lowest BCUT2D eigenvalue weighted by molar-refractivity contribution is -0.472. The molecule has 41 heavy (non-hydrogen) atoms. The molecule has 7 nitrogen and oxygen atoms in total. The number of ether oxygens (including phenoxy) is 5. The molecule has 2 atom stereocenters. The zero-order chi connectivity index (χ0) is 32.9. The molecule has 2 unspecified atom stereocenters. The summed E-state index contributed by atoms with van der Waals surface area (Å²) < 4.78 is 215. The largest absolute Gasteiger partial charge is 0.460 e. The van der Waals surface area contributed by atoms with E-state index in [0.717, 1.165) is 13.8 Å². The molecule has 0 aliphatic heterocycles. The molecule has 0 saturated carbocycles. The minimum atomic E-state index is -6.71. The molecule has 0 amide bonds. The maximum atomic E-state index is 14.9. The van der Waals surface area contributed by atoms with Crippen LogP contribution < -0.4 is 0 Å². The van der Waals surface area contributed by atoms with Gasteiger partial charge in [-0.1, -0.05) is 13.8 Å². The monoisotopic (exact) mass is 642 g/mol. The standard InChI is InChI=1S/C20H24F14O7/c1-5-13(21,15(23,24)9-39-17(27,28)11(35)37-7-3)19(31,32)41-20(33,34)14(22,6-2)16(25,26)10-40-18(29,30)12(36)38-8-4/h5-10H2,1-4H3. The van der Waals surface area contributed by atoms with Crippen LogP contribution in [-0.4, -0.2) is 86.0 Å². The van der Waals surface area contributed by atoms with Crippen molar-refractivity contribution in [2.45, 2.75) is 88.2 Å². The lowest BCUT2D eigenvalue weighted by Gasteiger charge is -2.43. The van der Waals surface area contributed by atoms with Gasteiger partial charge in [0.2, 0.25) is 0 Å². The van der Waals surface area contributed by atoms with Crippen molar-refractivity contribution in [2.24, 2.45) is 0 Å². The third-order valence-electron chi connectivity index (χ3n) is 5.21. The van der Waals surface area contributed by atoms with Crippen LogP contribution in [0.5, 0.6) is 0 Å². The highest BCUT2D eigenvalue weighted by Gasteiger charge is 2.78. The van der Waals surface area contributed by atoms with Crippen LogP contribution in [0, 0.1) is 0 Å². The van der Waals surface area contributed by atoms with Crippen LogP contribution in [0.2, 0.25) is 0 Å². The molecule has 0 bridgehead atoms. The molecule has 0 rings (SSSR count). The molecule has 0 radical (unpaired) electrons. The van der Waals surface area contributed by atoms with Gasteiger partial charge in [-0.05, 0) is 26.7 Å². The fraction of sp³-hybridized carbons (Fsp3) is 0.900. The average Bonchev–Trinajstić information content (AvgIpc) is 2.84. The van der Waals surface area contributed by atoms with Crippen molar-refractivity contribution in [3.05, 3.63) is 0 Å². The SMILES string of the molecule is CCOC(=O)C(F)(F)OCC(F)(F)C(F)(CC)C(F)(F)OC(F)(F)C(F)(CC)C(F)(F)COC(F)(F)C(=O)OCC. The van der Waals surface area contributed by atoms with Gasteiger partial charge in [0, 0.05) is 0 Å². The first-order valence-electron chi connectivity index (χ1n) is 11.2. The van der Waals surface area contributed by atoms with Crippen LogP contribution in [0.3, 0.4) is 0 Å². The van der Waals surface area contributed by atoms with Crippen molar-refractivity contribution in [3.63, 3.8) is 0 Å². The van der Waals surface area contributed by atoms with Crippen LogP contribution in [-0.2, 0) is 33.3 Å². The maximum Gasteiger partial charge on any atom is 0.456 e. The van der Waals surface area contributed by atoms with E-state index >= 15 is 0 Å². The van der Waals surface area contributed by atoms with Crippen LogP contribution in [0.4, 0.5) is 61.5 Å². The Labute approximate surface area is 222 Å². The second kappa shape index (κ2) is 13.0. The Morgan fingerprint density at radius 3 is 1.00 bits per heavy atom. The van der Waals surface area contributed by atoms with Crippen molar-refractivity contribution in [2.75, 3.05) is 26.4 Å². The number of rotatable bonds is 18. The van der Waals surface area contributed by atoms with Gasteiger partial charge in [-0.25, -0.2) is 40.7 Å². The highest BCUT2D eigenvalue weighted by Crippen LogP contribution is 2.55. The normalized spacial score (nSPS) is 17.0. The number of hydrogen-bond acceptors (Lipinski definition) is 7. The third kappa shape index (κ3) is 8.02. The quantitative estimate of drug-likeness (QED) is 0.133. The van der Waals surface area contributed by atoms with E-state index in [1.54, 1.807) is 0 Å². The molecule has 0 aliphatic rings. The van der Waals surface area contributed by atoms with Crippen molar-refractivity contribution < 1.29 is 94.7 Å². The lowest BCUT2D eigenvalue weighted by atomic mass is 9.91. The van der Waals surface area contributed by atoms with E-state index in [1.165, 1.54) is 0 Å². The lowest BCUT2D eigenvalue weighted by Crippen LogP contribution is -2.67. The van der Waals surface area contributed by atoms with E-state index in [-0.39, 0.29) is 13.8 Å². The van der Waals surface area contributed by atoms with Crippen LogP contribution >= 0.6 is 0 Å². The summed E-state index contributed by atoms with van der Waals surface area (Å²) in [5.41, 5.74) is -11.7. The summed E-state index contributed by atoms with van der Waals surface area (Å²) >= 11 is 0. The molecule has 0 saturated heterocycles. The van der Waals surface area contributed by atoms with Gasteiger partial charge in [0.1, 0.15) is 13.2 Å².